The standard InChI is InChI=1S/C16H23NO4/c1-4-9-21-14-7-5-13(10-15(14)20-3)6-8-16(19)17-12(2)11-18/h5-8,10,12,18H,4,9,11H2,1-3H3,(H,17,19)/b8-6+. The lowest BCUT2D eigenvalue weighted by Gasteiger charge is -2.10. The molecule has 0 fully saturated rings. The summed E-state index contributed by atoms with van der Waals surface area (Å²) in [6.07, 6.45) is 4.03. The predicted octanol–water partition coefficient (Wildman–Crippen LogP) is 1.99. The number of methoxy groups -OCH3 is 1. The minimum Gasteiger partial charge on any atom is -0.493 e. The van der Waals surface area contributed by atoms with Crippen LogP contribution in [-0.4, -0.2) is 37.4 Å². The molecule has 21 heavy (non-hydrogen) atoms. The van der Waals surface area contributed by atoms with Gasteiger partial charge in [0.1, 0.15) is 0 Å². The molecule has 116 valence electrons. The summed E-state index contributed by atoms with van der Waals surface area (Å²) >= 11 is 0. The van der Waals surface area contributed by atoms with Crippen LogP contribution in [-0.2, 0) is 4.79 Å². The number of rotatable bonds is 8. The Morgan fingerprint density at radius 3 is 2.81 bits per heavy atom. The van der Waals surface area contributed by atoms with Gasteiger partial charge in [-0.2, -0.15) is 0 Å². The fraction of sp³-hybridized carbons (Fsp3) is 0.438. The Hall–Kier alpha value is -2.01. The molecule has 0 aliphatic rings. The molecule has 1 rings (SSSR count). The summed E-state index contributed by atoms with van der Waals surface area (Å²) in [5, 5.41) is 11.5. The zero-order valence-electron chi connectivity index (χ0n) is 12.8. The van der Waals surface area contributed by atoms with Crippen LogP contribution in [0.5, 0.6) is 11.5 Å². The molecule has 0 spiro atoms. The van der Waals surface area contributed by atoms with Gasteiger partial charge in [-0.1, -0.05) is 13.0 Å². The average Bonchev–Trinajstić information content (AvgIpc) is 2.50. The third-order valence-corrected chi connectivity index (χ3v) is 2.74. The normalized spacial score (nSPS) is 12.2. The molecule has 1 aromatic rings. The zero-order chi connectivity index (χ0) is 15.7. The number of aliphatic hydroxyl groups excluding tert-OH is 1. The van der Waals surface area contributed by atoms with Crippen molar-refractivity contribution in [3.63, 3.8) is 0 Å². The lowest BCUT2D eigenvalue weighted by Crippen LogP contribution is -2.33. The fourth-order valence-electron chi connectivity index (χ4n) is 1.63. The third kappa shape index (κ3) is 5.87. The van der Waals surface area contributed by atoms with Gasteiger partial charge in [-0.05, 0) is 37.1 Å². The van der Waals surface area contributed by atoms with E-state index in [4.69, 9.17) is 14.6 Å². The van der Waals surface area contributed by atoms with Gasteiger partial charge in [-0.15, -0.1) is 0 Å². The monoisotopic (exact) mass is 293 g/mol. The highest BCUT2D eigenvalue weighted by Gasteiger charge is 2.05. The average molecular weight is 293 g/mol. The molecule has 0 aliphatic heterocycles. The number of hydrogen-bond donors (Lipinski definition) is 2. The van der Waals surface area contributed by atoms with E-state index in [9.17, 15) is 4.79 Å². The van der Waals surface area contributed by atoms with Crippen LogP contribution < -0.4 is 14.8 Å². The lowest BCUT2D eigenvalue weighted by molar-refractivity contribution is -0.117. The van der Waals surface area contributed by atoms with Gasteiger partial charge in [-0.25, -0.2) is 0 Å². The van der Waals surface area contributed by atoms with Crippen molar-refractivity contribution >= 4 is 12.0 Å². The van der Waals surface area contributed by atoms with Crippen LogP contribution in [0.15, 0.2) is 24.3 Å². The first kappa shape index (κ1) is 17.0. The fourth-order valence-corrected chi connectivity index (χ4v) is 1.63. The number of ether oxygens (including phenoxy) is 2. The van der Waals surface area contributed by atoms with Crippen molar-refractivity contribution in [2.24, 2.45) is 0 Å². The van der Waals surface area contributed by atoms with Crippen molar-refractivity contribution in [2.75, 3.05) is 20.3 Å². The van der Waals surface area contributed by atoms with Crippen LogP contribution in [0.3, 0.4) is 0 Å². The summed E-state index contributed by atoms with van der Waals surface area (Å²) in [4.78, 5) is 11.6. The highest BCUT2D eigenvalue weighted by Crippen LogP contribution is 2.28. The van der Waals surface area contributed by atoms with Crippen molar-refractivity contribution in [2.45, 2.75) is 26.3 Å². The van der Waals surface area contributed by atoms with Gasteiger partial charge < -0.3 is 19.9 Å². The van der Waals surface area contributed by atoms with E-state index in [1.54, 1.807) is 20.1 Å². The molecule has 0 saturated heterocycles. The Morgan fingerprint density at radius 1 is 1.43 bits per heavy atom. The van der Waals surface area contributed by atoms with Crippen LogP contribution in [0.1, 0.15) is 25.8 Å². The molecule has 0 radical (unpaired) electrons. The molecule has 1 aromatic carbocycles. The Kier molecular flexibility index (Phi) is 7.32. The number of amides is 1. The second-order valence-electron chi connectivity index (χ2n) is 4.68. The lowest BCUT2D eigenvalue weighted by atomic mass is 10.2. The van der Waals surface area contributed by atoms with Crippen LogP contribution in [0.25, 0.3) is 6.08 Å². The summed E-state index contributed by atoms with van der Waals surface area (Å²) < 4.78 is 10.8. The second-order valence-corrected chi connectivity index (χ2v) is 4.68. The quantitative estimate of drug-likeness (QED) is 0.719. The molecule has 2 N–H and O–H groups in total. The SMILES string of the molecule is CCCOc1ccc(/C=C/C(=O)NC(C)CO)cc1OC. The van der Waals surface area contributed by atoms with Gasteiger partial charge in [0.25, 0.3) is 0 Å². The van der Waals surface area contributed by atoms with E-state index in [1.807, 2.05) is 25.1 Å². The Morgan fingerprint density at radius 2 is 2.19 bits per heavy atom. The van der Waals surface area contributed by atoms with Gasteiger partial charge in [0.05, 0.1) is 20.3 Å². The first-order valence-corrected chi connectivity index (χ1v) is 7.01. The first-order chi connectivity index (χ1) is 10.1. The molecule has 1 unspecified atom stereocenters. The van der Waals surface area contributed by atoms with Gasteiger partial charge in [0, 0.05) is 12.1 Å². The van der Waals surface area contributed by atoms with E-state index < -0.39 is 0 Å². The number of hydrogen-bond acceptors (Lipinski definition) is 4. The summed E-state index contributed by atoms with van der Waals surface area (Å²) in [6.45, 7) is 4.31. The van der Waals surface area contributed by atoms with Crippen molar-refractivity contribution in [3.8, 4) is 11.5 Å². The predicted molar refractivity (Wildman–Crippen MR) is 82.5 cm³/mol. The van der Waals surface area contributed by atoms with Gasteiger partial charge in [-0.3, -0.25) is 4.79 Å². The summed E-state index contributed by atoms with van der Waals surface area (Å²) in [6, 6.07) is 5.22. The molecule has 0 bridgehead atoms. The Labute approximate surface area is 125 Å². The van der Waals surface area contributed by atoms with Crippen LogP contribution in [0.2, 0.25) is 0 Å². The molecule has 0 heterocycles. The van der Waals surface area contributed by atoms with E-state index in [2.05, 4.69) is 5.32 Å². The summed E-state index contributed by atoms with van der Waals surface area (Å²) in [5.74, 6) is 1.08. The highest BCUT2D eigenvalue weighted by molar-refractivity contribution is 5.92. The highest BCUT2D eigenvalue weighted by atomic mass is 16.5. The molecule has 5 nitrogen and oxygen atoms in total. The van der Waals surface area contributed by atoms with Gasteiger partial charge in [0.15, 0.2) is 11.5 Å². The Bertz CT molecular complexity index is 485. The number of nitrogens with one attached hydrogen (secondary N) is 1. The molecular weight excluding hydrogens is 270 g/mol. The van der Waals surface area contributed by atoms with Crippen LogP contribution in [0.4, 0.5) is 0 Å². The van der Waals surface area contributed by atoms with E-state index >= 15 is 0 Å². The summed E-state index contributed by atoms with van der Waals surface area (Å²) in [5.41, 5.74) is 0.836. The maximum atomic E-state index is 11.6. The minimum absolute atomic E-state index is 0.0864. The number of benzene rings is 1. The van der Waals surface area contributed by atoms with Crippen molar-refractivity contribution in [1.82, 2.24) is 5.32 Å². The maximum absolute atomic E-state index is 11.6. The molecule has 5 heteroatoms. The smallest absolute Gasteiger partial charge is 0.244 e. The topological polar surface area (TPSA) is 67.8 Å². The number of aliphatic hydroxyl groups is 1. The number of carbonyl (C=O) groups excluding carboxylic acids is 1. The van der Waals surface area contributed by atoms with E-state index in [-0.39, 0.29) is 18.6 Å². The molecular formula is C16H23NO4. The minimum atomic E-state index is -0.262. The molecule has 0 saturated carbocycles. The van der Waals surface area contributed by atoms with E-state index in [0.29, 0.717) is 18.1 Å². The van der Waals surface area contributed by atoms with E-state index in [0.717, 1.165) is 12.0 Å². The molecule has 1 atom stereocenters. The Balaban J connectivity index is 2.73. The zero-order valence-corrected chi connectivity index (χ0v) is 12.8. The molecule has 0 aliphatic carbocycles. The molecule has 0 aromatic heterocycles. The summed E-state index contributed by atoms with van der Waals surface area (Å²) in [7, 11) is 1.58. The van der Waals surface area contributed by atoms with Crippen molar-refractivity contribution in [3.05, 3.63) is 29.8 Å². The second kappa shape index (κ2) is 9.02. The largest absolute Gasteiger partial charge is 0.493 e. The van der Waals surface area contributed by atoms with Crippen LogP contribution in [0, 0.1) is 0 Å². The van der Waals surface area contributed by atoms with Gasteiger partial charge >= 0.3 is 0 Å². The van der Waals surface area contributed by atoms with E-state index in [1.165, 1.54) is 6.08 Å². The third-order valence-electron chi connectivity index (χ3n) is 2.74. The van der Waals surface area contributed by atoms with Crippen LogP contribution >= 0.6 is 0 Å². The van der Waals surface area contributed by atoms with Gasteiger partial charge in [0.2, 0.25) is 5.91 Å². The number of carbonyl (C=O) groups is 1. The maximum Gasteiger partial charge on any atom is 0.244 e. The first-order valence-electron chi connectivity index (χ1n) is 7.01. The van der Waals surface area contributed by atoms with Crippen molar-refractivity contribution in [1.29, 1.82) is 0 Å². The van der Waals surface area contributed by atoms with Crippen molar-refractivity contribution < 1.29 is 19.4 Å². The molecule has 1 amide bonds.